The molecule has 0 bridgehead atoms. The molecule has 1 aliphatic heterocycles. The minimum Gasteiger partial charge on any atom is -0.253 e. The minimum atomic E-state index is -3.52. The van der Waals surface area contributed by atoms with Gasteiger partial charge in [0.1, 0.15) is 0 Å². The fourth-order valence-electron chi connectivity index (χ4n) is 2.74. The topological polar surface area (TPSA) is 55.2 Å². The number of halogens is 1. The number of hydrogen-bond donors (Lipinski definition) is 0. The fraction of sp³-hybridized carbons (Fsp3) is 0.312. The van der Waals surface area contributed by atoms with Gasteiger partial charge in [0.25, 0.3) is 10.0 Å². The highest BCUT2D eigenvalue weighted by Crippen LogP contribution is 2.30. The smallest absolute Gasteiger partial charge is 0.253 e. The summed E-state index contributed by atoms with van der Waals surface area (Å²) in [6, 6.07) is 9.18. The van der Waals surface area contributed by atoms with Crippen molar-refractivity contribution >= 4 is 27.2 Å². The summed E-state index contributed by atoms with van der Waals surface area (Å²) in [5, 5.41) is 4.99. The van der Waals surface area contributed by atoms with Crippen molar-refractivity contribution in [2.75, 3.05) is 13.1 Å². The summed E-state index contributed by atoms with van der Waals surface area (Å²) in [5.41, 5.74) is 2.07. The summed E-state index contributed by atoms with van der Waals surface area (Å²) in [6.45, 7) is 3.18. The van der Waals surface area contributed by atoms with Gasteiger partial charge in [0.15, 0.2) is 5.03 Å². The van der Waals surface area contributed by atoms with Gasteiger partial charge in [0, 0.05) is 24.7 Å². The maximum absolute atomic E-state index is 12.7. The molecule has 0 fully saturated rings. The van der Waals surface area contributed by atoms with Crippen LogP contribution in [0, 0.1) is 0 Å². The average Bonchev–Trinajstić information content (AvgIpc) is 3.05. The zero-order valence-corrected chi connectivity index (χ0v) is 14.4. The van der Waals surface area contributed by atoms with Gasteiger partial charge in [-0.2, -0.15) is 9.40 Å². The second-order valence-corrected chi connectivity index (χ2v) is 7.60. The van der Waals surface area contributed by atoms with Gasteiger partial charge in [-0.3, -0.25) is 4.68 Å². The van der Waals surface area contributed by atoms with Crippen molar-refractivity contribution in [2.24, 2.45) is 0 Å². The van der Waals surface area contributed by atoms with Gasteiger partial charge in [-0.05, 0) is 36.6 Å². The lowest BCUT2D eigenvalue weighted by molar-refractivity contribution is 0.430. The van der Waals surface area contributed by atoms with Crippen LogP contribution in [0.25, 0.3) is 5.57 Å². The Hall–Kier alpha value is -1.63. The number of benzene rings is 1. The summed E-state index contributed by atoms with van der Waals surface area (Å²) in [6.07, 6.45) is 4.10. The van der Waals surface area contributed by atoms with E-state index in [0.29, 0.717) is 31.1 Å². The SMILES string of the molecule is CCn1nccc1S(=O)(=O)N1CC=C(c2ccccc2Cl)CC1. The Bertz CT molecular complexity index is 843. The molecule has 0 amide bonds. The number of aryl methyl sites for hydroxylation is 1. The van der Waals surface area contributed by atoms with Crippen LogP contribution in [-0.4, -0.2) is 35.6 Å². The molecule has 2 aromatic rings. The predicted octanol–water partition coefficient (Wildman–Crippen LogP) is 3.03. The molecule has 0 spiro atoms. The summed E-state index contributed by atoms with van der Waals surface area (Å²) in [5.74, 6) is 0. The first-order chi connectivity index (χ1) is 11.0. The van der Waals surface area contributed by atoms with Crippen LogP contribution in [0.5, 0.6) is 0 Å². The molecular weight excluding hydrogens is 334 g/mol. The molecule has 1 aliphatic rings. The van der Waals surface area contributed by atoms with Gasteiger partial charge in [-0.15, -0.1) is 0 Å². The molecule has 1 aromatic carbocycles. The van der Waals surface area contributed by atoms with Crippen LogP contribution < -0.4 is 0 Å². The molecule has 3 rings (SSSR count). The van der Waals surface area contributed by atoms with Crippen LogP contribution in [-0.2, 0) is 16.6 Å². The Kier molecular flexibility index (Phi) is 4.57. The Labute approximate surface area is 141 Å². The first kappa shape index (κ1) is 16.2. The summed E-state index contributed by atoms with van der Waals surface area (Å²) in [4.78, 5) is 0. The number of aromatic nitrogens is 2. The molecule has 23 heavy (non-hydrogen) atoms. The highest BCUT2D eigenvalue weighted by Gasteiger charge is 2.29. The normalized spacial score (nSPS) is 16.3. The molecule has 7 heteroatoms. The molecule has 0 saturated heterocycles. The fourth-order valence-corrected chi connectivity index (χ4v) is 4.54. The van der Waals surface area contributed by atoms with E-state index in [-0.39, 0.29) is 5.03 Å². The maximum atomic E-state index is 12.7. The van der Waals surface area contributed by atoms with Gasteiger partial charge < -0.3 is 0 Å². The van der Waals surface area contributed by atoms with E-state index in [9.17, 15) is 8.42 Å². The molecule has 0 N–H and O–H groups in total. The second-order valence-electron chi connectivity index (χ2n) is 5.31. The molecule has 0 aliphatic carbocycles. The number of hydrogen-bond acceptors (Lipinski definition) is 3. The van der Waals surface area contributed by atoms with Gasteiger partial charge in [0.05, 0.1) is 6.20 Å². The van der Waals surface area contributed by atoms with Crippen molar-refractivity contribution in [1.82, 2.24) is 14.1 Å². The molecule has 0 unspecified atom stereocenters. The maximum Gasteiger partial charge on any atom is 0.260 e. The Morgan fingerprint density at radius 1 is 1.26 bits per heavy atom. The van der Waals surface area contributed by atoms with Crippen LogP contribution in [0.1, 0.15) is 18.9 Å². The van der Waals surface area contributed by atoms with E-state index in [0.717, 1.165) is 11.1 Å². The lowest BCUT2D eigenvalue weighted by Crippen LogP contribution is -2.35. The van der Waals surface area contributed by atoms with Crippen molar-refractivity contribution in [1.29, 1.82) is 0 Å². The van der Waals surface area contributed by atoms with E-state index in [1.807, 2.05) is 37.3 Å². The standard InChI is InChI=1S/C16H18ClN3O2S/c1-2-20-16(7-10-18-20)23(21,22)19-11-8-13(9-12-19)14-5-3-4-6-15(14)17/h3-8,10H,2,9,11-12H2,1H3. The van der Waals surface area contributed by atoms with Crippen LogP contribution in [0.2, 0.25) is 5.02 Å². The van der Waals surface area contributed by atoms with Crippen molar-refractivity contribution in [3.05, 3.63) is 53.2 Å². The molecular formula is C16H18ClN3O2S. The number of rotatable bonds is 4. The van der Waals surface area contributed by atoms with Gasteiger partial charge in [-0.25, -0.2) is 8.42 Å². The third kappa shape index (κ3) is 3.06. The Balaban J connectivity index is 1.85. The Morgan fingerprint density at radius 2 is 2.04 bits per heavy atom. The second kappa shape index (κ2) is 6.47. The largest absolute Gasteiger partial charge is 0.260 e. The quantitative estimate of drug-likeness (QED) is 0.850. The molecule has 0 saturated carbocycles. The van der Waals surface area contributed by atoms with Crippen LogP contribution in [0.15, 0.2) is 47.6 Å². The van der Waals surface area contributed by atoms with Crippen LogP contribution in [0.3, 0.4) is 0 Å². The van der Waals surface area contributed by atoms with Crippen LogP contribution in [0.4, 0.5) is 0 Å². The van der Waals surface area contributed by atoms with Crippen molar-refractivity contribution in [3.8, 4) is 0 Å². The van der Waals surface area contributed by atoms with Crippen molar-refractivity contribution in [2.45, 2.75) is 24.9 Å². The first-order valence-electron chi connectivity index (χ1n) is 7.50. The van der Waals surface area contributed by atoms with E-state index in [4.69, 9.17) is 11.6 Å². The van der Waals surface area contributed by atoms with E-state index < -0.39 is 10.0 Å². The molecule has 122 valence electrons. The average molecular weight is 352 g/mol. The zero-order chi connectivity index (χ0) is 16.4. The summed E-state index contributed by atoms with van der Waals surface area (Å²) in [7, 11) is -3.52. The summed E-state index contributed by atoms with van der Waals surface area (Å²) < 4.78 is 28.5. The van der Waals surface area contributed by atoms with E-state index in [1.165, 1.54) is 15.2 Å². The molecule has 5 nitrogen and oxygen atoms in total. The first-order valence-corrected chi connectivity index (χ1v) is 9.31. The molecule has 0 radical (unpaired) electrons. The van der Waals surface area contributed by atoms with Crippen molar-refractivity contribution < 1.29 is 8.42 Å². The van der Waals surface area contributed by atoms with E-state index in [1.54, 1.807) is 6.07 Å². The number of sulfonamides is 1. The Morgan fingerprint density at radius 3 is 2.70 bits per heavy atom. The minimum absolute atomic E-state index is 0.245. The van der Waals surface area contributed by atoms with E-state index >= 15 is 0 Å². The highest BCUT2D eigenvalue weighted by molar-refractivity contribution is 7.89. The highest BCUT2D eigenvalue weighted by atomic mass is 35.5. The molecule has 2 heterocycles. The number of nitrogens with zero attached hydrogens (tertiary/aromatic N) is 3. The zero-order valence-electron chi connectivity index (χ0n) is 12.8. The van der Waals surface area contributed by atoms with Gasteiger partial charge >= 0.3 is 0 Å². The monoisotopic (exact) mass is 351 g/mol. The van der Waals surface area contributed by atoms with Crippen LogP contribution >= 0.6 is 11.6 Å². The summed E-state index contributed by atoms with van der Waals surface area (Å²) >= 11 is 6.22. The van der Waals surface area contributed by atoms with Gasteiger partial charge in [0.2, 0.25) is 0 Å². The predicted molar refractivity (Wildman–Crippen MR) is 90.7 cm³/mol. The lowest BCUT2D eigenvalue weighted by atomic mass is 10.0. The molecule has 0 atom stereocenters. The third-order valence-electron chi connectivity index (χ3n) is 3.97. The van der Waals surface area contributed by atoms with E-state index in [2.05, 4.69) is 5.10 Å². The third-order valence-corrected chi connectivity index (χ3v) is 6.19. The van der Waals surface area contributed by atoms with Crippen molar-refractivity contribution in [3.63, 3.8) is 0 Å². The lowest BCUT2D eigenvalue weighted by Gasteiger charge is -2.26. The van der Waals surface area contributed by atoms with Gasteiger partial charge in [-0.1, -0.05) is 35.9 Å². The molecule has 1 aromatic heterocycles.